The first kappa shape index (κ1) is 13.0. The maximum Gasteiger partial charge on any atom is 0.138 e. The third-order valence-electron chi connectivity index (χ3n) is 3.46. The molecule has 1 aromatic carbocycles. The van der Waals surface area contributed by atoms with Crippen LogP contribution in [0.4, 0.5) is 5.82 Å². The van der Waals surface area contributed by atoms with E-state index in [4.69, 9.17) is 10.2 Å². The van der Waals surface area contributed by atoms with E-state index in [0.717, 1.165) is 35.1 Å². The number of aromatic nitrogens is 1. The zero-order valence-corrected chi connectivity index (χ0v) is 11.9. The molecule has 0 bridgehead atoms. The fourth-order valence-corrected chi connectivity index (χ4v) is 2.92. The molecule has 0 amide bonds. The molecule has 3 rings (SSSR count). The third-order valence-corrected chi connectivity index (χ3v) is 4.04. The summed E-state index contributed by atoms with van der Waals surface area (Å²) in [5, 5.41) is 10.9. The van der Waals surface area contributed by atoms with Gasteiger partial charge in [0.05, 0.1) is 5.69 Å². The first-order chi connectivity index (χ1) is 9.86. The molecule has 0 N–H and O–H groups in total. The molecule has 0 saturated carbocycles. The summed E-state index contributed by atoms with van der Waals surface area (Å²) in [6.45, 7) is 2.20. The van der Waals surface area contributed by atoms with E-state index in [0.29, 0.717) is 0 Å². The normalized spacial score (nSPS) is 14.2. The number of thioether (sulfide) groups is 1. The van der Waals surface area contributed by atoms with Crippen LogP contribution in [-0.2, 0) is 0 Å². The summed E-state index contributed by atoms with van der Waals surface area (Å²) in [4.78, 5) is 8.05. The Hall–Kier alpha value is -1.99. The van der Waals surface area contributed by atoms with Gasteiger partial charge in [-0.15, -0.1) is 0 Å². The van der Waals surface area contributed by atoms with Crippen LogP contribution in [0.3, 0.4) is 0 Å². The summed E-state index contributed by atoms with van der Waals surface area (Å²) in [6, 6.07) is 14.1. The minimum absolute atomic E-state index is 0.957. The second kappa shape index (κ2) is 5.98. The highest BCUT2D eigenvalue weighted by atomic mass is 32.2. The van der Waals surface area contributed by atoms with Crippen molar-refractivity contribution in [3.05, 3.63) is 42.5 Å². The van der Waals surface area contributed by atoms with Crippen LogP contribution < -0.4 is 4.90 Å². The number of nitriles is 1. The Balaban J connectivity index is 1.91. The highest BCUT2D eigenvalue weighted by Crippen LogP contribution is 2.26. The van der Waals surface area contributed by atoms with Crippen molar-refractivity contribution in [3.8, 4) is 16.7 Å². The fraction of sp³-hybridized carbons (Fsp3) is 0.250. The molecule has 0 unspecified atom stereocenters. The van der Waals surface area contributed by atoms with Crippen LogP contribution in [0.2, 0.25) is 0 Å². The summed E-state index contributed by atoms with van der Waals surface area (Å²) < 4.78 is 0. The lowest BCUT2D eigenvalue weighted by atomic mass is 10.1. The van der Waals surface area contributed by atoms with Gasteiger partial charge in [-0.3, -0.25) is 0 Å². The quantitative estimate of drug-likeness (QED) is 0.631. The molecule has 3 nitrogen and oxygen atoms in total. The molecule has 4 heteroatoms. The summed E-state index contributed by atoms with van der Waals surface area (Å²) >= 11 is 1.18. The molecule has 100 valence electrons. The van der Waals surface area contributed by atoms with E-state index in [2.05, 4.69) is 22.4 Å². The van der Waals surface area contributed by atoms with Crippen molar-refractivity contribution in [2.24, 2.45) is 0 Å². The van der Waals surface area contributed by atoms with Crippen molar-refractivity contribution in [1.82, 2.24) is 4.98 Å². The van der Waals surface area contributed by atoms with Gasteiger partial charge < -0.3 is 4.90 Å². The third kappa shape index (κ3) is 2.78. The smallest absolute Gasteiger partial charge is 0.138 e. The van der Waals surface area contributed by atoms with Gasteiger partial charge in [0.2, 0.25) is 0 Å². The Morgan fingerprint density at radius 2 is 1.90 bits per heavy atom. The first-order valence-electron chi connectivity index (χ1n) is 6.75. The molecular formula is C16H15N3S. The SMILES string of the molecule is N#CSc1cccc(-c2cccc(N3CCCC3)n2)c1. The molecule has 20 heavy (non-hydrogen) atoms. The van der Waals surface area contributed by atoms with Gasteiger partial charge in [-0.2, -0.15) is 5.26 Å². The monoisotopic (exact) mass is 281 g/mol. The second-order valence-corrected chi connectivity index (χ2v) is 5.65. The maximum absolute atomic E-state index is 8.76. The Labute approximate surface area is 123 Å². The number of thiocyanates is 1. The van der Waals surface area contributed by atoms with Crippen LogP contribution in [0, 0.1) is 10.7 Å². The predicted molar refractivity (Wildman–Crippen MR) is 82.6 cm³/mol. The van der Waals surface area contributed by atoms with Crippen LogP contribution >= 0.6 is 11.8 Å². The largest absolute Gasteiger partial charge is 0.357 e. The molecular weight excluding hydrogens is 266 g/mol. The topological polar surface area (TPSA) is 39.9 Å². The number of pyridine rings is 1. The lowest BCUT2D eigenvalue weighted by Gasteiger charge is -2.17. The molecule has 2 aromatic rings. The van der Waals surface area contributed by atoms with E-state index < -0.39 is 0 Å². The van der Waals surface area contributed by atoms with Crippen molar-refractivity contribution in [2.75, 3.05) is 18.0 Å². The van der Waals surface area contributed by atoms with Crippen molar-refractivity contribution in [3.63, 3.8) is 0 Å². The highest BCUT2D eigenvalue weighted by molar-refractivity contribution is 8.03. The average Bonchev–Trinajstić information content (AvgIpc) is 3.02. The summed E-state index contributed by atoms with van der Waals surface area (Å²) in [7, 11) is 0. The lowest BCUT2D eigenvalue weighted by Crippen LogP contribution is -2.18. The minimum Gasteiger partial charge on any atom is -0.357 e. The number of benzene rings is 1. The van der Waals surface area contributed by atoms with E-state index in [9.17, 15) is 0 Å². The predicted octanol–water partition coefficient (Wildman–Crippen LogP) is 3.92. The number of rotatable bonds is 3. The Bertz CT molecular complexity index is 642. The van der Waals surface area contributed by atoms with E-state index in [1.807, 2.05) is 30.3 Å². The van der Waals surface area contributed by atoms with E-state index in [1.165, 1.54) is 24.6 Å². The average molecular weight is 281 g/mol. The van der Waals surface area contributed by atoms with Crippen LogP contribution in [-0.4, -0.2) is 18.1 Å². The van der Waals surface area contributed by atoms with Crippen molar-refractivity contribution < 1.29 is 0 Å². The molecule has 0 radical (unpaired) electrons. The summed E-state index contributed by atoms with van der Waals surface area (Å²) in [5.41, 5.74) is 2.03. The molecule has 1 aromatic heterocycles. The summed E-state index contributed by atoms with van der Waals surface area (Å²) in [5.74, 6) is 1.05. The fourth-order valence-electron chi connectivity index (χ4n) is 2.48. The van der Waals surface area contributed by atoms with Gasteiger partial charge in [0.1, 0.15) is 11.2 Å². The first-order valence-corrected chi connectivity index (χ1v) is 7.57. The standard InChI is InChI=1S/C16H15N3S/c17-12-20-14-6-3-5-13(11-14)15-7-4-8-16(18-15)19-9-1-2-10-19/h3-8,11H,1-2,9-10H2. The second-order valence-electron chi connectivity index (χ2n) is 4.80. The zero-order valence-electron chi connectivity index (χ0n) is 11.1. The van der Waals surface area contributed by atoms with E-state index in [-0.39, 0.29) is 0 Å². The number of nitrogens with zero attached hydrogens (tertiary/aromatic N) is 3. The van der Waals surface area contributed by atoms with Crippen LogP contribution in [0.1, 0.15) is 12.8 Å². The van der Waals surface area contributed by atoms with E-state index in [1.54, 1.807) is 0 Å². The van der Waals surface area contributed by atoms with Gasteiger partial charge in [0, 0.05) is 23.5 Å². The number of hydrogen-bond donors (Lipinski definition) is 0. The van der Waals surface area contributed by atoms with E-state index >= 15 is 0 Å². The van der Waals surface area contributed by atoms with Crippen LogP contribution in [0.25, 0.3) is 11.3 Å². The Kier molecular flexibility index (Phi) is 3.89. The van der Waals surface area contributed by atoms with Crippen molar-refractivity contribution >= 4 is 17.6 Å². The molecule has 1 saturated heterocycles. The maximum atomic E-state index is 8.76. The minimum atomic E-state index is 0.957. The highest BCUT2D eigenvalue weighted by Gasteiger charge is 2.13. The molecule has 0 aliphatic carbocycles. The van der Waals surface area contributed by atoms with Gasteiger partial charge in [0.15, 0.2) is 0 Å². The zero-order chi connectivity index (χ0) is 13.8. The molecule has 2 heterocycles. The number of hydrogen-bond acceptors (Lipinski definition) is 4. The van der Waals surface area contributed by atoms with Crippen molar-refractivity contribution in [1.29, 1.82) is 5.26 Å². The van der Waals surface area contributed by atoms with Crippen LogP contribution in [0.15, 0.2) is 47.4 Å². The summed E-state index contributed by atoms with van der Waals surface area (Å²) in [6.07, 6.45) is 2.50. The lowest BCUT2D eigenvalue weighted by molar-refractivity contribution is 0.939. The molecule has 1 aliphatic heterocycles. The molecule has 0 spiro atoms. The molecule has 1 aliphatic rings. The van der Waals surface area contributed by atoms with Crippen LogP contribution in [0.5, 0.6) is 0 Å². The molecule has 0 atom stereocenters. The van der Waals surface area contributed by atoms with Gasteiger partial charge in [-0.1, -0.05) is 18.2 Å². The Morgan fingerprint density at radius 3 is 2.70 bits per heavy atom. The van der Waals surface area contributed by atoms with Crippen molar-refractivity contribution in [2.45, 2.75) is 17.7 Å². The van der Waals surface area contributed by atoms with Gasteiger partial charge in [-0.25, -0.2) is 4.98 Å². The van der Waals surface area contributed by atoms with Gasteiger partial charge in [0.25, 0.3) is 0 Å². The van der Waals surface area contributed by atoms with Gasteiger partial charge in [-0.05, 0) is 48.9 Å². The molecule has 1 fully saturated rings. The Morgan fingerprint density at radius 1 is 1.10 bits per heavy atom. The van der Waals surface area contributed by atoms with Gasteiger partial charge >= 0.3 is 0 Å². The number of anilines is 1.